The Labute approximate surface area is 103 Å². The Kier molecular flexibility index (Phi) is 3.25. The Morgan fingerprint density at radius 2 is 2.18 bits per heavy atom. The topological polar surface area (TPSA) is 51.0 Å². The van der Waals surface area contributed by atoms with Crippen molar-refractivity contribution in [2.45, 2.75) is 58.9 Å². The van der Waals surface area contributed by atoms with E-state index in [4.69, 9.17) is 4.52 Å². The molecule has 1 N–H and O–H groups in total. The third-order valence-electron chi connectivity index (χ3n) is 3.41. The summed E-state index contributed by atoms with van der Waals surface area (Å²) < 4.78 is 5.39. The van der Waals surface area contributed by atoms with Gasteiger partial charge in [0.2, 0.25) is 5.89 Å². The van der Waals surface area contributed by atoms with Crippen molar-refractivity contribution < 1.29 is 4.52 Å². The Hall–Kier alpha value is -0.900. The van der Waals surface area contributed by atoms with Crippen LogP contribution in [0.15, 0.2) is 4.52 Å². The van der Waals surface area contributed by atoms with Crippen LogP contribution in [0.1, 0.15) is 58.7 Å². The second-order valence-electron chi connectivity index (χ2n) is 6.44. The van der Waals surface area contributed by atoms with Gasteiger partial charge in [-0.15, -0.1) is 0 Å². The Morgan fingerprint density at radius 3 is 2.76 bits per heavy atom. The van der Waals surface area contributed by atoms with E-state index in [0.29, 0.717) is 5.41 Å². The molecule has 1 fully saturated rings. The van der Waals surface area contributed by atoms with Crippen molar-refractivity contribution >= 4 is 0 Å². The predicted molar refractivity (Wildman–Crippen MR) is 66.7 cm³/mol. The fourth-order valence-electron chi connectivity index (χ4n) is 2.14. The number of hydrogen-bond acceptors (Lipinski definition) is 4. The second kappa shape index (κ2) is 4.41. The molecule has 0 spiro atoms. The van der Waals surface area contributed by atoms with Gasteiger partial charge in [-0.05, 0) is 38.1 Å². The second-order valence-corrected chi connectivity index (χ2v) is 6.44. The third-order valence-corrected chi connectivity index (χ3v) is 3.41. The van der Waals surface area contributed by atoms with Crippen LogP contribution in [0.4, 0.5) is 0 Å². The van der Waals surface area contributed by atoms with Gasteiger partial charge in [0.25, 0.3) is 0 Å². The van der Waals surface area contributed by atoms with E-state index in [1.807, 2.05) is 0 Å². The molecular formula is C13H23N3O. The molecule has 17 heavy (non-hydrogen) atoms. The molecule has 1 aliphatic rings. The largest absolute Gasteiger partial charge is 0.337 e. The first-order valence-corrected chi connectivity index (χ1v) is 6.47. The molecule has 0 bridgehead atoms. The number of nitrogens with one attached hydrogen (secondary N) is 1. The van der Waals surface area contributed by atoms with Gasteiger partial charge in [0.15, 0.2) is 5.82 Å². The highest BCUT2D eigenvalue weighted by Crippen LogP contribution is 2.29. The molecule has 1 aromatic rings. The van der Waals surface area contributed by atoms with Gasteiger partial charge in [-0.25, -0.2) is 0 Å². The maximum atomic E-state index is 5.39. The molecule has 0 saturated carbocycles. The van der Waals surface area contributed by atoms with Crippen LogP contribution in [0.5, 0.6) is 0 Å². The third kappa shape index (κ3) is 3.06. The van der Waals surface area contributed by atoms with Gasteiger partial charge in [-0.3, -0.25) is 0 Å². The first kappa shape index (κ1) is 12.6. The quantitative estimate of drug-likeness (QED) is 0.878. The van der Waals surface area contributed by atoms with Gasteiger partial charge in [0, 0.05) is 6.42 Å². The molecule has 2 rings (SSSR count). The maximum absolute atomic E-state index is 5.39. The van der Waals surface area contributed by atoms with Crippen LogP contribution in [0.25, 0.3) is 0 Å². The van der Waals surface area contributed by atoms with E-state index in [2.05, 4.69) is 43.2 Å². The van der Waals surface area contributed by atoms with E-state index < -0.39 is 0 Å². The van der Waals surface area contributed by atoms with Gasteiger partial charge in [-0.2, -0.15) is 4.98 Å². The normalized spacial score (nSPS) is 25.4. The van der Waals surface area contributed by atoms with Crippen molar-refractivity contribution in [1.29, 1.82) is 0 Å². The van der Waals surface area contributed by atoms with E-state index >= 15 is 0 Å². The highest BCUT2D eigenvalue weighted by atomic mass is 16.5. The summed E-state index contributed by atoms with van der Waals surface area (Å²) in [5.74, 6) is 1.59. The van der Waals surface area contributed by atoms with Gasteiger partial charge >= 0.3 is 0 Å². The van der Waals surface area contributed by atoms with Crippen molar-refractivity contribution in [3.05, 3.63) is 11.7 Å². The van der Waals surface area contributed by atoms with E-state index in [0.717, 1.165) is 37.5 Å². The van der Waals surface area contributed by atoms with Crippen LogP contribution >= 0.6 is 0 Å². The zero-order chi connectivity index (χ0) is 12.5. The molecule has 0 aliphatic carbocycles. The molecular weight excluding hydrogens is 214 g/mol. The number of rotatable bonds is 3. The fraction of sp³-hybridized carbons (Fsp3) is 0.846. The van der Waals surface area contributed by atoms with E-state index in [1.165, 1.54) is 6.42 Å². The fourth-order valence-corrected chi connectivity index (χ4v) is 2.14. The molecule has 2 heterocycles. The average molecular weight is 237 g/mol. The smallest absolute Gasteiger partial charge is 0.246 e. The highest BCUT2D eigenvalue weighted by molar-refractivity contribution is 5.04. The number of nitrogens with zero attached hydrogens (tertiary/aromatic N) is 2. The molecule has 4 nitrogen and oxygen atoms in total. The van der Waals surface area contributed by atoms with Crippen LogP contribution in [0.2, 0.25) is 0 Å². The summed E-state index contributed by atoms with van der Waals surface area (Å²) in [7, 11) is 0. The summed E-state index contributed by atoms with van der Waals surface area (Å²) in [6.07, 6.45) is 4.23. The highest BCUT2D eigenvalue weighted by Gasteiger charge is 2.35. The van der Waals surface area contributed by atoms with Crippen molar-refractivity contribution in [3.8, 4) is 0 Å². The Morgan fingerprint density at radius 1 is 1.41 bits per heavy atom. The van der Waals surface area contributed by atoms with Crippen molar-refractivity contribution in [2.75, 3.05) is 6.54 Å². The van der Waals surface area contributed by atoms with Crippen LogP contribution in [-0.2, 0) is 12.0 Å². The van der Waals surface area contributed by atoms with Crippen molar-refractivity contribution in [2.24, 2.45) is 5.41 Å². The molecule has 0 radical (unpaired) electrons. The van der Waals surface area contributed by atoms with Gasteiger partial charge in [0.05, 0.1) is 5.54 Å². The Bertz CT molecular complexity index is 372. The molecule has 0 aromatic carbocycles. The van der Waals surface area contributed by atoms with E-state index in [9.17, 15) is 0 Å². The molecule has 96 valence electrons. The summed E-state index contributed by atoms with van der Waals surface area (Å²) in [4.78, 5) is 4.53. The molecule has 1 aliphatic heterocycles. The van der Waals surface area contributed by atoms with Crippen LogP contribution in [0.3, 0.4) is 0 Å². The minimum Gasteiger partial charge on any atom is -0.337 e. The van der Waals surface area contributed by atoms with Crippen molar-refractivity contribution in [1.82, 2.24) is 15.5 Å². The average Bonchev–Trinajstić information content (AvgIpc) is 2.83. The minimum atomic E-state index is -0.104. The summed E-state index contributed by atoms with van der Waals surface area (Å²) in [6.45, 7) is 9.87. The van der Waals surface area contributed by atoms with Crippen molar-refractivity contribution in [3.63, 3.8) is 0 Å². The lowest BCUT2D eigenvalue weighted by Crippen LogP contribution is -2.33. The number of aromatic nitrogens is 2. The van der Waals surface area contributed by atoms with Crippen LogP contribution in [0, 0.1) is 5.41 Å². The molecule has 1 aromatic heterocycles. The molecule has 0 amide bonds. The van der Waals surface area contributed by atoms with E-state index in [-0.39, 0.29) is 5.54 Å². The molecule has 1 unspecified atom stereocenters. The zero-order valence-corrected chi connectivity index (χ0v) is 11.3. The molecule has 1 atom stereocenters. The summed E-state index contributed by atoms with van der Waals surface area (Å²) >= 11 is 0. The first-order chi connectivity index (χ1) is 7.89. The SMILES string of the molecule is CC(C)(C)CCc1noc(C2(C)CCCN2)n1. The number of aryl methyl sites for hydroxylation is 1. The summed E-state index contributed by atoms with van der Waals surface area (Å²) in [6, 6.07) is 0. The summed E-state index contributed by atoms with van der Waals surface area (Å²) in [5.41, 5.74) is 0.212. The van der Waals surface area contributed by atoms with E-state index in [1.54, 1.807) is 0 Å². The lowest BCUT2D eigenvalue weighted by atomic mass is 9.90. The van der Waals surface area contributed by atoms with Gasteiger partial charge in [0.1, 0.15) is 0 Å². The molecule has 4 heteroatoms. The van der Waals surface area contributed by atoms with Gasteiger partial charge < -0.3 is 9.84 Å². The minimum absolute atomic E-state index is 0.104. The first-order valence-electron chi connectivity index (χ1n) is 6.47. The number of hydrogen-bond donors (Lipinski definition) is 1. The van der Waals surface area contributed by atoms with Crippen LogP contribution in [-0.4, -0.2) is 16.7 Å². The Balaban J connectivity index is 2.01. The lowest BCUT2D eigenvalue weighted by Gasteiger charge is -2.18. The molecule has 1 saturated heterocycles. The predicted octanol–water partition coefficient (Wildman–Crippen LogP) is 2.65. The lowest BCUT2D eigenvalue weighted by molar-refractivity contribution is 0.273. The standard InChI is InChI=1S/C13H23N3O/c1-12(2,3)8-6-10-15-11(17-16-10)13(4)7-5-9-14-13/h14H,5-9H2,1-4H3. The van der Waals surface area contributed by atoms with Crippen LogP contribution < -0.4 is 5.32 Å². The maximum Gasteiger partial charge on any atom is 0.246 e. The monoisotopic (exact) mass is 237 g/mol. The summed E-state index contributed by atoms with van der Waals surface area (Å²) in [5, 5.41) is 7.52. The zero-order valence-electron chi connectivity index (χ0n) is 11.3. The van der Waals surface area contributed by atoms with Gasteiger partial charge in [-0.1, -0.05) is 25.9 Å².